The Morgan fingerprint density at radius 3 is 2.43 bits per heavy atom. The summed E-state index contributed by atoms with van der Waals surface area (Å²) in [7, 11) is 0. The predicted molar refractivity (Wildman–Crippen MR) is 131 cm³/mol. The lowest BCUT2D eigenvalue weighted by atomic mass is 9.96. The van der Waals surface area contributed by atoms with E-state index in [0.717, 1.165) is 0 Å². The first kappa shape index (κ1) is 26.2. The Bertz CT molecular complexity index is 1200. The van der Waals surface area contributed by atoms with Crippen LogP contribution in [0.2, 0.25) is 0 Å². The van der Waals surface area contributed by atoms with Crippen molar-refractivity contribution in [3.63, 3.8) is 0 Å². The van der Waals surface area contributed by atoms with Crippen LogP contribution in [0.3, 0.4) is 0 Å². The summed E-state index contributed by atoms with van der Waals surface area (Å²) >= 11 is 0. The summed E-state index contributed by atoms with van der Waals surface area (Å²) in [4.78, 5) is 53.4. The van der Waals surface area contributed by atoms with E-state index in [2.05, 4.69) is 5.32 Å². The summed E-state index contributed by atoms with van der Waals surface area (Å²) in [6, 6.07) is 9.66. The van der Waals surface area contributed by atoms with Gasteiger partial charge in [-0.05, 0) is 43.7 Å². The molecule has 1 spiro atoms. The minimum absolute atomic E-state index is 0.00592. The normalized spacial score (nSPS) is 19.5. The van der Waals surface area contributed by atoms with Gasteiger partial charge in [-0.2, -0.15) is 0 Å². The molecule has 2 atom stereocenters. The number of nitro benzene ring substituents is 1. The summed E-state index contributed by atoms with van der Waals surface area (Å²) in [5.74, 6) is -1.64. The molecule has 0 aliphatic carbocycles. The highest BCUT2D eigenvalue weighted by atomic mass is 19.1. The Kier molecular flexibility index (Phi) is 7.53. The Hall–Kier alpha value is -3.86. The van der Waals surface area contributed by atoms with E-state index < -0.39 is 28.4 Å². The lowest BCUT2D eigenvalue weighted by molar-refractivity contribution is -0.384. The van der Waals surface area contributed by atoms with Crippen molar-refractivity contribution in [3.8, 4) is 0 Å². The number of amides is 3. The highest BCUT2D eigenvalue weighted by molar-refractivity contribution is 5.98. The number of non-ortho nitro benzene ring substituents is 1. The molecular weight excluding hydrogens is 483 g/mol. The molecule has 37 heavy (non-hydrogen) atoms. The molecule has 0 bridgehead atoms. The largest absolute Gasteiger partial charge is 0.353 e. The highest BCUT2D eigenvalue weighted by Gasteiger charge is 2.54. The van der Waals surface area contributed by atoms with Gasteiger partial charge >= 0.3 is 0 Å². The lowest BCUT2D eigenvalue weighted by Crippen LogP contribution is -2.60. The molecule has 196 valence electrons. The van der Waals surface area contributed by atoms with Gasteiger partial charge in [0.2, 0.25) is 5.91 Å². The van der Waals surface area contributed by atoms with E-state index in [1.807, 2.05) is 13.8 Å². The van der Waals surface area contributed by atoms with Crippen LogP contribution >= 0.6 is 0 Å². The molecule has 2 heterocycles. The molecule has 11 heteroatoms. The Morgan fingerprint density at radius 2 is 1.81 bits per heavy atom. The number of nitrogens with zero attached hydrogens (tertiary/aromatic N) is 3. The number of hydrogen-bond acceptors (Lipinski definition) is 6. The third kappa shape index (κ3) is 5.31. The summed E-state index contributed by atoms with van der Waals surface area (Å²) in [6.45, 7) is 4.23. The van der Waals surface area contributed by atoms with Crippen molar-refractivity contribution in [2.45, 2.75) is 50.9 Å². The maximum atomic E-state index is 13.6. The number of nitro groups is 1. The van der Waals surface area contributed by atoms with Crippen LogP contribution in [0.4, 0.5) is 10.1 Å². The van der Waals surface area contributed by atoms with Crippen molar-refractivity contribution < 1.29 is 28.4 Å². The average molecular weight is 513 g/mol. The summed E-state index contributed by atoms with van der Waals surface area (Å²) in [5, 5.41) is 14.0. The van der Waals surface area contributed by atoms with Gasteiger partial charge in [-0.15, -0.1) is 0 Å². The lowest BCUT2D eigenvalue weighted by Gasteiger charge is -2.44. The average Bonchev–Trinajstić information content (AvgIpc) is 3.27. The molecule has 2 fully saturated rings. The van der Waals surface area contributed by atoms with Crippen molar-refractivity contribution >= 4 is 23.4 Å². The molecule has 2 aromatic carbocycles. The number of carbonyl (C=O) groups excluding carboxylic acids is 3. The second kappa shape index (κ2) is 10.6. The molecule has 1 N–H and O–H groups in total. The SMILES string of the molecule is CC[C@@H](C)NC(=O)[C@H]1COC2(CCN(C(=O)c3cccc([N+](=O)[O-])c3)CC2)N1C(=O)c1ccc(F)cc1. The molecule has 2 aromatic rings. The standard InChI is InChI=1S/C26H29FN4O6/c1-3-17(2)28-23(32)22-16-37-26(30(22)25(34)18-7-9-20(27)10-8-18)11-13-29(14-12-26)24(33)19-5-4-6-21(15-19)31(35)36/h4-10,15,17,22H,3,11-14,16H2,1-2H3,(H,28,32)/t17-,22-/m1/s1. The quantitative estimate of drug-likeness (QED) is 0.469. The number of halogens is 1. The van der Waals surface area contributed by atoms with E-state index in [1.165, 1.54) is 53.4 Å². The smallest absolute Gasteiger partial charge is 0.270 e. The molecule has 0 aromatic heterocycles. The molecule has 3 amide bonds. The van der Waals surface area contributed by atoms with Gasteiger partial charge in [0, 0.05) is 55.2 Å². The molecule has 10 nitrogen and oxygen atoms in total. The van der Waals surface area contributed by atoms with Gasteiger partial charge < -0.3 is 15.0 Å². The Balaban J connectivity index is 1.57. The first-order valence-electron chi connectivity index (χ1n) is 12.2. The fourth-order valence-electron chi connectivity index (χ4n) is 4.73. The van der Waals surface area contributed by atoms with Crippen molar-refractivity contribution in [1.29, 1.82) is 0 Å². The fraction of sp³-hybridized carbons (Fsp3) is 0.423. The molecule has 0 radical (unpaired) electrons. The van der Waals surface area contributed by atoms with Crippen molar-refractivity contribution in [2.24, 2.45) is 0 Å². The van der Waals surface area contributed by atoms with Crippen LogP contribution in [0, 0.1) is 15.9 Å². The van der Waals surface area contributed by atoms with Crippen molar-refractivity contribution in [3.05, 3.63) is 75.6 Å². The van der Waals surface area contributed by atoms with Crippen LogP contribution in [-0.4, -0.2) is 69.9 Å². The first-order chi connectivity index (χ1) is 17.6. The van der Waals surface area contributed by atoms with Crippen LogP contribution in [0.15, 0.2) is 48.5 Å². The minimum Gasteiger partial charge on any atom is -0.353 e. The molecule has 0 saturated carbocycles. The van der Waals surface area contributed by atoms with E-state index in [4.69, 9.17) is 4.74 Å². The minimum atomic E-state index is -1.12. The summed E-state index contributed by atoms with van der Waals surface area (Å²) < 4.78 is 19.6. The van der Waals surface area contributed by atoms with Gasteiger partial charge in [-0.1, -0.05) is 13.0 Å². The predicted octanol–water partition coefficient (Wildman–Crippen LogP) is 3.12. The van der Waals surface area contributed by atoms with Gasteiger partial charge in [0.05, 0.1) is 11.5 Å². The van der Waals surface area contributed by atoms with Gasteiger partial charge in [0.15, 0.2) is 0 Å². The topological polar surface area (TPSA) is 122 Å². The van der Waals surface area contributed by atoms with Crippen LogP contribution in [0.25, 0.3) is 0 Å². The second-order valence-corrected chi connectivity index (χ2v) is 9.37. The number of ether oxygens (including phenoxy) is 1. The number of carbonyl (C=O) groups is 3. The van der Waals surface area contributed by atoms with Gasteiger partial charge in [0.1, 0.15) is 17.6 Å². The van der Waals surface area contributed by atoms with Crippen LogP contribution in [-0.2, 0) is 9.53 Å². The molecule has 4 rings (SSSR count). The molecule has 2 aliphatic heterocycles. The monoisotopic (exact) mass is 512 g/mol. The van der Waals surface area contributed by atoms with E-state index in [-0.39, 0.29) is 67.2 Å². The third-order valence-corrected chi connectivity index (χ3v) is 7.01. The van der Waals surface area contributed by atoms with E-state index in [9.17, 15) is 28.9 Å². The maximum absolute atomic E-state index is 13.6. The van der Waals surface area contributed by atoms with Gasteiger partial charge in [-0.25, -0.2) is 4.39 Å². The number of rotatable bonds is 6. The zero-order chi connectivity index (χ0) is 26.7. The number of benzene rings is 2. The first-order valence-corrected chi connectivity index (χ1v) is 12.2. The Morgan fingerprint density at radius 1 is 1.14 bits per heavy atom. The number of likely N-dealkylation sites (tertiary alicyclic amines) is 1. The van der Waals surface area contributed by atoms with Crippen LogP contribution in [0.5, 0.6) is 0 Å². The maximum Gasteiger partial charge on any atom is 0.270 e. The molecule has 2 saturated heterocycles. The fourth-order valence-corrected chi connectivity index (χ4v) is 4.73. The van der Waals surface area contributed by atoms with Crippen LogP contribution < -0.4 is 5.32 Å². The third-order valence-electron chi connectivity index (χ3n) is 7.01. The van der Waals surface area contributed by atoms with Crippen molar-refractivity contribution in [1.82, 2.24) is 15.1 Å². The van der Waals surface area contributed by atoms with E-state index >= 15 is 0 Å². The molecule has 2 aliphatic rings. The summed E-state index contributed by atoms with van der Waals surface area (Å²) in [6.07, 6.45) is 1.20. The number of nitrogens with one attached hydrogen (secondary N) is 1. The van der Waals surface area contributed by atoms with E-state index in [0.29, 0.717) is 6.42 Å². The number of hydrogen-bond donors (Lipinski definition) is 1. The summed E-state index contributed by atoms with van der Waals surface area (Å²) in [5.41, 5.74) is -0.877. The zero-order valence-corrected chi connectivity index (χ0v) is 20.7. The number of piperidine rings is 1. The van der Waals surface area contributed by atoms with Crippen LogP contribution in [0.1, 0.15) is 53.8 Å². The molecule has 0 unspecified atom stereocenters. The second-order valence-electron chi connectivity index (χ2n) is 9.37. The Labute approximate surface area is 213 Å². The van der Waals surface area contributed by atoms with Gasteiger partial charge in [-0.3, -0.25) is 29.4 Å². The van der Waals surface area contributed by atoms with E-state index in [1.54, 1.807) is 4.90 Å². The molecular formula is C26H29FN4O6. The van der Waals surface area contributed by atoms with Gasteiger partial charge in [0.25, 0.3) is 17.5 Å². The zero-order valence-electron chi connectivity index (χ0n) is 20.7. The highest BCUT2D eigenvalue weighted by Crippen LogP contribution is 2.39. The van der Waals surface area contributed by atoms with Crippen molar-refractivity contribution in [2.75, 3.05) is 19.7 Å².